The van der Waals surface area contributed by atoms with Crippen LogP contribution < -0.4 is 5.32 Å². The summed E-state index contributed by atoms with van der Waals surface area (Å²) < 4.78 is 28.7. The van der Waals surface area contributed by atoms with Gasteiger partial charge in [0.2, 0.25) is 10.0 Å². The first-order valence-electron chi connectivity index (χ1n) is 10.6. The van der Waals surface area contributed by atoms with Crippen LogP contribution in [0.1, 0.15) is 38.7 Å². The molecule has 1 atom stereocenters. The van der Waals surface area contributed by atoms with Gasteiger partial charge in [-0.3, -0.25) is 4.98 Å². The third-order valence-electron chi connectivity index (χ3n) is 5.31. The fraction of sp³-hybridized carbons (Fsp3) is 0.375. The zero-order chi connectivity index (χ0) is 21.4. The van der Waals surface area contributed by atoms with Gasteiger partial charge >= 0.3 is 0 Å². The molecule has 1 heterocycles. The van der Waals surface area contributed by atoms with E-state index in [9.17, 15) is 8.42 Å². The van der Waals surface area contributed by atoms with Crippen molar-refractivity contribution in [3.8, 4) is 0 Å². The molecular formula is C24H31N3O2S. The molecule has 0 fully saturated rings. The first-order chi connectivity index (χ1) is 14.5. The number of aromatic nitrogens is 1. The van der Waals surface area contributed by atoms with Crippen molar-refractivity contribution < 1.29 is 8.42 Å². The fourth-order valence-corrected chi connectivity index (χ4v) is 5.71. The van der Waals surface area contributed by atoms with Gasteiger partial charge in [0.05, 0.1) is 4.90 Å². The molecule has 2 aromatic carbocycles. The van der Waals surface area contributed by atoms with Crippen LogP contribution in [0.2, 0.25) is 0 Å². The molecule has 1 unspecified atom stereocenters. The Morgan fingerprint density at radius 3 is 2.63 bits per heavy atom. The van der Waals surface area contributed by atoms with Crippen molar-refractivity contribution in [1.82, 2.24) is 14.6 Å². The summed E-state index contributed by atoms with van der Waals surface area (Å²) in [6.45, 7) is 6.23. The van der Waals surface area contributed by atoms with Crippen LogP contribution in [0.25, 0.3) is 10.8 Å². The quantitative estimate of drug-likeness (QED) is 0.456. The van der Waals surface area contributed by atoms with E-state index in [2.05, 4.69) is 22.4 Å². The van der Waals surface area contributed by atoms with Crippen molar-refractivity contribution in [2.75, 3.05) is 13.1 Å². The van der Waals surface area contributed by atoms with Crippen molar-refractivity contribution >= 4 is 20.8 Å². The normalized spacial score (nSPS) is 13.0. The molecular weight excluding hydrogens is 394 g/mol. The van der Waals surface area contributed by atoms with Gasteiger partial charge in [-0.15, -0.1) is 0 Å². The number of benzene rings is 2. The summed E-state index contributed by atoms with van der Waals surface area (Å²) in [5.74, 6) is 0. The Balaban J connectivity index is 1.66. The van der Waals surface area contributed by atoms with Gasteiger partial charge in [0, 0.05) is 42.3 Å². The minimum absolute atomic E-state index is 0.0643. The highest BCUT2D eigenvalue weighted by Gasteiger charge is 2.29. The van der Waals surface area contributed by atoms with Crippen molar-refractivity contribution in [2.45, 2.75) is 50.6 Å². The average molecular weight is 426 g/mol. The lowest BCUT2D eigenvalue weighted by Gasteiger charge is -2.28. The Morgan fingerprint density at radius 1 is 1.07 bits per heavy atom. The number of nitrogens with zero attached hydrogens (tertiary/aromatic N) is 2. The fourth-order valence-electron chi connectivity index (χ4n) is 3.74. The molecule has 0 aliphatic carbocycles. The maximum absolute atomic E-state index is 13.5. The largest absolute Gasteiger partial charge is 0.313 e. The summed E-state index contributed by atoms with van der Waals surface area (Å²) in [5.41, 5.74) is 1.26. The number of sulfonamides is 1. The second-order valence-electron chi connectivity index (χ2n) is 7.62. The molecule has 0 saturated heterocycles. The van der Waals surface area contributed by atoms with E-state index in [0.29, 0.717) is 11.4 Å². The first kappa shape index (κ1) is 22.4. The summed E-state index contributed by atoms with van der Waals surface area (Å²) in [7, 11) is -3.59. The van der Waals surface area contributed by atoms with E-state index < -0.39 is 10.0 Å². The molecule has 160 valence electrons. The van der Waals surface area contributed by atoms with Crippen LogP contribution in [0.15, 0.2) is 71.9 Å². The van der Waals surface area contributed by atoms with Crippen LogP contribution in [0, 0.1) is 0 Å². The van der Waals surface area contributed by atoms with Crippen LogP contribution in [0.5, 0.6) is 0 Å². The summed E-state index contributed by atoms with van der Waals surface area (Å²) in [6, 6.07) is 17.4. The molecule has 0 bridgehead atoms. The average Bonchev–Trinajstić information content (AvgIpc) is 2.77. The van der Waals surface area contributed by atoms with Gasteiger partial charge in [-0.05, 0) is 50.4 Å². The van der Waals surface area contributed by atoms with Gasteiger partial charge in [-0.1, -0.05) is 49.4 Å². The topological polar surface area (TPSA) is 62.3 Å². The number of pyridine rings is 1. The van der Waals surface area contributed by atoms with Crippen LogP contribution in [0.4, 0.5) is 0 Å². The van der Waals surface area contributed by atoms with Gasteiger partial charge in [-0.25, -0.2) is 8.42 Å². The Labute approximate surface area is 180 Å². The second kappa shape index (κ2) is 10.7. The van der Waals surface area contributed by atoms with E-state index in [0.717, 1.165) is 43.1 Å². The van der Waals surface area contributed by atoms with E-state index in [1.807, 2.05) is 38.1 Å². The van der Waals surface area contributed by atoms with E-state index in [-0.39, 0.29) is 6.04 Å². The Kier molecular flexibility index (Phi) is 7.96. The Morgan fingerprint density at radius 2 is 1.87 bits per heavy atom. The lowest BCUT2D eigenvalue weighted by atomic mass is 10.1. The Bertz CT molecular complexity index is 1030. The maximum atomic E-state index is 13.5. The van der Waals surface area contributed by atoms with Crippen molar-refractivity contribution in [3.05, 3.63) is 72.6 Å². The molecule has 0 radical (unpaired) electrons. The third kappa shape index (κ3) is 5.45. The maximum Gasteiger partial charge on any atom is 0.243 e. The summed E-state index contributed by atoms with van der Waals surface area (Å²) in [4.78, 5) is 4.48. The van der Waals surface area contributed by atoms with Gasteiger partial charge in [0.1, 0.15) is 0 Å². The SMILES string of the molecule is CCCN(C(C)CCCNCc1ccccc1)S(=O)(=O)c1cccc2cnccc12. The highest BCUT2D eigenvalue weighted by Crippen LogP contribution is 2.27. The zero-order valence-corrected chi connectivity index (χ0v) is 18.6. The van der Waals surface area contributed by atoms with Crippen molar-refractivity contribution in [2.24, 2.45) is 0 Å². The predicted molar refractivity (Wildman–Crippen MR) is 123 cm³/mol. The number of hydrogen-bond donors (Lipinski definition) is 1. The molecule has 1 N–H and O–H groups in total. The number of rotatable bonds is 11. The van der Waals surface area contributed by atoms with Crippen molar-refractivity contribution in [3.63, 3.8) is 0 Å². The lowest BCUT2D eigenvalue weighted by molar-refractivity contribution is 0.316. The van der Waals surface area contributed by atoms with Gasteiger partial charge in [-0.2, -0.15) is 4.31 Å². The first-order valence-corrected chi connectivity index (χ1v) is 12.1. The predicted octanol–water partition coefficient (Wildman–Crippen LogP) is 4.59. The van der Waals surface area contributed by atoms with Crippen LogP contribution >= 0.6 is 0 Å². The van der Waals surface area contributed by atoms with Gasteiger partial charge < -0.3 is 5.32 Å². The molecule has 0 spiro atoms. The van der Waals surface area contributed by atoms with E-state index in [1.54, 1.807) is 34.9 Å². The smallest absolute Gasteiger partial charge is 0.243 e. The monoisotopic (exact) mass is 425 g/mol. The molecule has 0 aliphatic heterocycles. The molecule has 0 saturated carbocycles. The number of fused-ring (bicyclic) bond motifs is 1. The number of nitrogens with one attached hydrogen (secondary N) is 1. The standard InChI is InChI=1S/C24H31N3O2S/c1-3-17-27(20(2)9-8-15-25-18-21-10-5-4-6-11-21)30(28,29)24-13-7-12-22-19-26-16-14-23(22)24/h4-7,10-14,16,19-20,25H,3,8-9,15,17-18H2,1-2H3. The molecule has 0 aliphatic rings. The van der Waals surface area contributed by atoms with Crippen LogP contribution in [-0.2, 0) is 16.6 Å². The summed E-state index contributed by atoms with van der Waals surface area (Å²) in [6.07, 6.45) is 5.87. The zero-order valence-electron chi connectivity index (χ0n) is 17.8. The highest BCUT2D eigenvalue weighted by atomic mass is 32.2. The molecule has 0 amide bonds. The summed E-state index contributed by atoms with van der Waals surface area (Å²) >= 11 is 0. The Hall–Kier alpha value is -2.28. The molecule has 3 rings (SSSR count). The number of hydrogen-bond acceptors (Lipinski definition) is 4. The molecule has 5 nitrogen and oxygen atoms in total. The van der Waals surface area contributed by atoms with E-state index in [4.69, 9.17) is 0 Å². The molecule has 30 heavy (non-hydrogen) atoms. The van der Waals surface area contributed by atoms with Crippen LogP contribution in [0.3, 0.4) is 0 Å². The van der Waals surface area contributed by atoms with E-state index >= 15 is 0 Å². The summed E-state index contributed by atoms with van der Waals surface area (Å²) in [5, 5.41) is 5.02. The van der Waals surface area contributed by atoms with E-state index in [1.165, 1.54) is 5.56 Å². The van der Waals surface area contributed by atoms with Crippen molar-refractivity contribution in [1.29, 1.82) is 0 Å². The second-order valence-corrected chi connectivity index (χ2v) is 9.48. The molecule has 1 aromatic heterocycles. The lowest BCUT2D eigenvalue weighted by Crippen LogP contribution is -2.39. The van der Waals surface area contributed by atoms with Gasteiger partial charge in [0.25, 0.3) is 0 Å². The third-order valence-corrected chi connectivity index (χ3v) is 7.38. The van der Waals surface area contributed by atoms with Gasteiger partial charge in [0.15, 0.2) is 0 Å². The minimum Gasteiger partial charge on any atom is -0.313 e. The molecule has 3 aromatic rings. The molecule has 6 heteroatoms. The van der Waals surface area contributed by atoms with Crippen LogP contribution in [-0.4, -0.2) is 36.8 Å². The highest BCUT2D eigenvalue weighted by molar-refractivity contribution is 7.89. The minimum atomic E-state index is -3.59.